The third-order valence-corrected chi connectivity index (χ3v) is 4.10. The molecule has 0 radical (unpaired) electrons. The lowest BCUT2D eigenvalue weighted by molar-refractivity contribution is 0.0563. The quantitative estimate of drug-likeness (QED) is 0.838. The maximum Gasteiger partial charge on any atom is 0.118 e. The Morgan fingerprint density at radius 1 is 1.22 bits per heavy atom. The van der Waals surface area contributed by atoms with Crippen LogP contribution in [0.2, 0.25) is 0 Å². The molecule has 1 unspecified atom stereocenters. The highest BCUT2D eigenvalue weighted by Crippen LogP contribution is 2.42. The van der Waals surface area contributed by atoms with Gasteiger partial charge in [0.1, 0.15) is 5.75 Å². The predicted octanol–water partition coefficient (Wildman–Crippen LogP) is 2.26. The highest BCUT2D eigenvalue weighted by molar-refractivity contribution is 5.30. The number of benzene rings is 1. The summed E-state index contributed by atoms with van der Waals surface area (Å²) in [4.78, 5) is 0. The van der Waals surface area contributed by atoms with Gasteiger partial charge < -0.3 is 15.2 Å². The number of hydrogen-bond acceptors (Lipinski definition) is 3. The number of aliphatic hydroxyl groups is 1. The molecule has 0 aliphatic heterocycles. The van der Waals surface area contributed by atoms with Gasteiger partial charge in [0.05, 0.1) is 13.2 Å². The Balaban J connectivity index is 1.68. The van der Waals surface area contributed by atoms with Crippen molar-refractivity contribution in [3.63, 3.8) is 0 Å². The molecule has 0 amide bonds. The van der Waals surface area contributed by atoms with Crippen LogP contribution in [0.4, 0.5) is 0 Å². The topological polar surface area (TPSA) is 41.5 Å². The lowest BCUT2D eigenvalue weighted by Gasteiger charge is -2.36. The maximum atomic E-state index is 9.37. The van der Waals surface area contributed by atoms with Gasteiger partial charge in [-0.15, -0.1) is 0 Å². The van der Waals surface area contributed by atoms with Crippen molar-refractivity contribution in [2.75, 3.05) is 7.11 Å². The Morgan fingerprint density at radius 2 is 1.89 bits per heavy atom. The molecule has 18 heavy (non-hydrogen) atoms. The van der Waals surface area contributed by atoms with Gasteiger partial charge in [-0.25, -0.2) is 0 Å². The minimum atomic E-state index is -0.0850. The van der Waals surface area contributed by atoms with Crippen molar-refractivity contribution in [3.05, 3.63) is 29.8 Å². The van der Waals surface area contributed by atoms with Gasteiger partial charge >= 0.3 is 0 Å². The van der Waals surface area contributed by atoms with E-state index in [0.717, 1.165) is 24.5 Å². The van der Waals surface area contributed by atoms with Crippen LogP contribution in [0.3, 0.4) is 0 Å². The van der Waals surface area contributed by atoms with Crippen molar-refractivity contribution < 1.29 is 9.84 Å². The van der Waals surface area contributed by atoms with Crippen molar-refractivity contribution in [1.82, 2.24) is 5.32 Å². The van der Waals surface area contributed by atoms with Crippen molar-refractivity contribution in [2.24, 2.45) is 5.92 Å². The molecule has 2 N–H and O–H groups in total. The summed E-state index contributed by atoms with van der Waals surface area (Å²) in [6, 6.07) is 9.32. The van der Waals surface area contributed by atoms with E-state index < -0.39 is 0 Å². The number of aliphatic hydroxyl groups excluding tert-OH is 1. The zero-order valence-corrected chi connectivity index (χ0v) is 10.8. The number of methoxy groups -OCH3 is 1. The van der Waals surface area contributed by atoms with Gasteiger partial charge in [0, 0.05) is 12.1 Å². The van der Waals surface area contributed by atoms with Crippen LogP contribution >= 0.6 is 0 Å². The smallest absolute Gasteiger partial charge is 0.118 e. The maximum absolute atomic E-state index is 9.37. The van der Waals surface area contributed by atoms with Gasteiger partial charge in [-0.05, 0) is 49.3 Å². The van der Waals surface area contributed by atoms with Crippen LogP contribution in [0.5, 0.6) is 5.75 Å². The minimum Gasteiger partial charge on any atom is -0.497 e. The first-order valence-corrected chi connectivity index (χ1v) is 6.84. The summed E-state index contributed by atoms with van der Waals surface area (Å²) in [5.74, 6) is 1.68. The molecule has 2 aliphatic carbocycles. The molecule has 0 saturated heterocycles. The van der Waals surface area contributed by atoms with Gasteiger partial charge in [0.25, 0.3) is 0 Å². The van der Waals surface area contributed by atoms with E-state index in [4.69, 9.17) is 4.74 Å². The molecule has 0 bridgehead atoms. The molecule has 1 aromatic carbocycles. The Hall–Kier alpha value is -1.06. The van der Waals surface area contributed by atoms with Gasteiger partial charge in [0.2, 0.25) is 0 Å². The average molecular weight is 247 g/mol. The van der Waals surface area contributed by atoms with E-state index in [9.17, 15) is 5.11 Å². The molecule has 0 spiro atoms. The molecular formula is C15H21NO2. The fraction of sp³-hybridized carbons (Fsp3) is 0.600. The predicted molar refractivity (Wildman–Crippen MR) is 70.6 cm³/mol. The van der Waals surface area contributed by atoms with Crippen LogP contribution in [0.15, 0.2) is 24.3 Å². The van der Waals surface area contributed by atoms with E-state index >= 15 is 0 Å². The molecule has 2 saturated carbocycles. The largest absolute Gasteiger partial charge is 0.497 e. The molecule has 3 rings (SSSR count). The number of rotatable bonds is 5. The summed E-state index contributed by atoms with van der Waals surface area (Å²) in [5.41, 5.74) is 1.35. The highest BCUT2D eigenvalue weighted by Gasteiger charge is 2.36. The SMILES string of the molecule is COc1ccc(C(NC2CC(O)C2)C2CC2)cc1. The first-order chi connectivity index (χ1) is 8.76. The molecular weight excluding hydrogens is 226 g/mol. The van der Waals surface area contributed by atoms with Gasteiger partial charge in [-0.2, -0.15) is 0 Å². The van der Waals surface area contributed by atoms with Gasteiger partial charge in [0.15, 0.2) is 0 Å². The average Bonchev–Trinajstić information content (AvgIpc) is 3.18. The van der Waals surface area contributed by atoms with E-state index in [2.05, 4.69) is 17.4 Å². The molecule has 2 aliphatic rings. The van der Waals surface area contributed by atoms with Crippen molar-refractivity contribution in [3.8, 4) is 5.75 Å². The second-order valence-electron chi connectivity index (χ2n) is 5.58. The fourth-order valence-electron chi connectivity index (χ4n) is 2.72. The van der Waals surface area contributed by atoms with Crippen LogP contribution in [-0.2, 0) is 0 Å². The van der Waals surface area contributed by atoms with E-state index in [1.165, 1.54) is 18.4 Å². The lowest BCUT2D eigenvalue weighted by atomic mass is 9.87. The Bertz CT molecular complexity index is 393. The Morgan fingerprint density at radius 3 is 2.39 bits per heavy atom. The van der Waals surface area contributed by atoms with Gasteiger partial charge in [-0.1, -0.05) is 12.1 Å². The first-order valence-electron chi connectivity index (χ1n) is 6.84. The fourth-order valence-corrected chi connectivity index (χ4v) is 2.72. The zero-order chi connectivity index (χ0) is 12.5. The normalized spacial score (nSPS) is 28.6. The van der Waals surface area contributed by atoms with Gasteiger partial charge in [-0.3, -0.25) is 0 Å². The van der Waals surface area contributed by atoms with Crippen LogP contribution in [0.25, 0.3) is 0 Å². The molecule has 1 atom stereocenters. The van der Waals surface area contributed by atoms with E-state index in [-0.39, 0.29) is 6.10 Å². The summed E-state index contributed by atoms with van der Waals surface area (Å²) in [6.45, 7) is 0. The molecule has 3 nitrogen and oxygen atoms in total. The monoisotopic (exact) mass is 247 g/mol. The molecule has 0 heterocycles. The third kappa shape index (κ3) is 2.52. The Kier molecular flexibility index (Phi) is 3.27. The van der Waals surface area contributed by atoms with Crippen LogP contribution in [0, 0.1) is 5.92 Å². The molecule has 2 fully saturated rings. The molecule has 98 valence electrons. The summed E-state index contributed by atoms with van der Waals surface area (Å²) >= 11 is 0. The van der Waals surface area contributed by atoms with Crippen molar-refractivity contribution in [1.29, 1.82) is 0 Å². The number of nitrogens with one attached hydrogen (secondary N) is 1. The minimum absolute atomic E-state index is 0.0850. The molecule has 0 aromatic heterocycles. The van der Waals surface area contributed by atoms with Crippen LogP contribution in [-0.4, -0.2) is 24.4 Å². The summed E-state index contributed by atoms with van der Waals surface area (Å²) in [7, 11) is 1.70. The third-order valence-electron chi connectivity index (χ3n) is 4.10. The number of ether oxygens (including phenoxy) is 1. The standard InChI is InChI=1S/C15H21NO2/c1-18-14-6-4-11(5-7-14)15(10-2-3-10)16-12-8-13(17)9-12/h4-7,10,12-13,15-17H,2-3,8-9H2,1H3. The van der Waals surface area contributed by atoms with E-state index in [1.54, 1.807) is 7.11 Å². The second-order valence-corrected chi connectivity index (χ2v) is 5.58. The first kappa shape index (κ1) is 12.0. The summed E-state index contributed by atoms with van der Waals surface area (Å²) in [5, 5.41) is 13.1. The number of hydrogen-bond donors (Lipinski definition) is 2. The van der Waals surface area contributed by atoms with Crippen molar-refractivity contribution >= 4 is 0 Å². The molecule has 3 heteroatoms. The van der Waals surface area contributed by atoms with Crippen molar-refractivity contribution in [2.45, 2.75) is 43.9 Å². The lowest BCUT2D eigenvalue weighted by Crippen LogP contribution is -2.46. The Labute approximate surface area is 108 Å². The molecule has 1 aromatic rings. The summed E-state index contributed by atoms with van der Waals surface area (Å²) in [6.07, 6.45) is 4.36. The van der Waals surface area contributed by atoms with E-state index in [0.29, 0.717) is 12.1 Å². The zero-order valence-electron chi connectivity index (χ0n) is 10.8. The van der Waals surface area contributed by atoms with Crippen LogP contribution < -0.4 is 10.1 Å². The highest BCUT2D eigenvalue weighted by atomic mass is 16.5. The van der Waals surface area contributed by atoms with Crippen LogP contribution in [0.1, 0.15) is 37.3 Å². The summed E-state index contributed by atoms with van der Waals surface area (Å²) < 4.78 is 5.20. The second kappa shape index (κ2) is 4.90. The van der Waals surface area contributed by atoms with E-state index in [1.807, 2.05) is 12.1 Å².